The maximum absolute atomic E-state index is 12.6. The van der Waals surface area contributed by atoms with Gasteiger partial charge in [-0.05, 0) is 17.7 Å². The van der Waals surface area contributed by atoms with Gasteiger partial charge in [-0.25, -0.2) is 0 Å². The third-order valence-corrected chi connectivity index (χ3v) is 5.02. The maximum Gasteiger partial charge on any atom is 0.290 e. The van der Waals surface area contributed by atoms with E-state index in [1.165, 1.54) is 5.56 Å². The fraction of sp³-hybridized carbons (Fsp3) is 0.417. The summed E-state index contributed by atoms with van der Waals surface area (Å²) in [7, 11) is 0. The highest BCUT2D eigenvalue weighted by molar-refractivity contribution is 5.81. The number of amides is 1. The number of carbonyl (C=O) groups excluding carboxylic acids is 1. The number of ether oxygens (including phenoxy) is 1. The highest BCUT2D eigenvalue weighted by atomic mass is 16.5. The number of hydrogen-bond acceptors (Lipinski definition) is 4. The van der Waals surface area contributed by atoms with Crippen molar-refractivity contribution in [3.8, 4) is 5.75 Å². The SMILES string of the molecule is CC(C)(C)C(=O)N1CCN(C(COc2ccccc2)c2ccccc2)CC1.O=CO. The van der Waals surface area contributed by atoms with E-state index in [1.807, 2.05) is 62.1 Å². The van der Waals surface area contributed by atoms with Crippen LogP contribution in [-0.2, 0) is 9.59 Å². The van der Waals surface area contributed by atoms with E-state index in [0.717, 1.165) is 31.9 Å². The summed E-state index contributed by atoms with van der Waals surface area (Å²) in [5, 5.41) is 6.89. The average molecular weight is 413 g/mol. The number of carboxylic acid groups (broad SMARTS) is 1. The molecule has 3 rings (SSSR count). The predicted molar refractivity (Wildman–Crippen MR) is 117 cm³/mol. The van der Waals surface area contributed by atoms with E-state index >= 15 is 0 Å². The van der Waals surface area contributed by atoms with Crippen molar-refractivity contribution in [3.05, 3.63) is 66.2 Å². The molecule has 2 aromatic carbocycles. The predicted octanol–water partition coefficient (Wildman–Crippen LogP) is 3.70. The number of nitrogens with zero attached hydrogens (tertiary/aromatic N) is 2. The first-order valence-electron chi connectivity index (χ1n) is 10.2. The van der Waals surface area contributed by atoms with E-state index in [9.17, 15) is 4.79 Å². The molecule has 1 amide bonds. The summed E-state index contributed by atoms with van der Waals surface area (Å²) >= 11 is 0. The summed E-state index contributed by atoms with van der Waals surface area (Å²) in [6, 6.07) is 20.6. The van der Waals surface area contributed by atoms with Gasteiger partial charge in [-0.2, -0.15) is 0 Å². The van der Waals surface area contributed by atoms with E-state index in [1.54, 1.807) is 0 Å². The lowest BCUT2D eigenvalue weighted by atomic mass is 9.94. The Hall–Kier alpha value is -2.86. The van der Waals surface area contributed by atoms with Gasteiger partial charge in [-0.15, -0.1) is 0 Å². The highest BCUT2D eigenvalue weighted by Crippen LogP contribution is 2.25. The summed E-state index contributed by atoms with van der Waals surface area (Å²) in [6.07, 6.45) is 0. The molecule has 0 aliphatic carbocycles. The van der Waals surface area contributed by atoms with Crippen LogP contribution in [-0.4, -0.2) is 60.1 Å². The fourth-order valence-corrected chi connectivity index (χ4v) is 3.49. The van der Waals surface area contributed by atoms with Crippen LogP contribution in [0.15, 0.2) is 60.7 Å². The first kappa shape index (κ1) is 23.4. The van der Waals surface area contributed by atoms with Gasteiger partial charge in [0.2, 0.25) is 5.91 Å². The minimum atomic E-state index is -0.322. The van der Waals surface area contributed by atoms with Crippen LogP contribution in [0.2, 0.25) is 0 Å². The quantitative estimate of drug-likeness (QED) is 0.759. The van der Waals surface area contributed by atoms with Gasteiger partial charge in [0.25, 0.3) is 6.47 Å². The number of para-hydroxylation sites is 1. The van der Waals surface area contributed by atoms with Crippen molar-refractivity contribution in [2.75, 3.05) is 32.8 Å². The largest absolute Gasteiger partial charge is 0.492 e. The van der Waals surface area contributed by atoms with Gasteiger partial charge in [0.05, 0.1) is 6.04 Å². The summed E-state index contributed by atoms with van der Waals surface area (Å²) in [6.45, 7) is 9.57. The molecule has 1 aliphatic heterocycles. The third-order valence-electron chi connectivity index (χ3n) is 5.02. The van der Waals surface area contributed by atoms with Crippen LogP contribution in [0.1, 0.15) is 32.4 Å². The summed E-state index contributed by atoms with van der Waals surface area (Å²) < 4.78 is 6.08. The van der Waals surface area contributed by atoms with E-state index in [4.69, 9.17) is 14.6 Å². The summed E-state index contributed by atoms with van der Waals surface area (Å²) in [5.74, 6) is 1.12. The molecule has 1 saturated heterocycles. The zero-order chi connectivity index (χ0) is 22.0. The minimum absolute atomic E-state index is 0.179. The smallest absolute Gasteiger partial charge is 0.290 e. The molecule has 1 heterocycles. The van der Waals surface area contributed by atoms with E-state index in [-0.39, 0.29) is 23.8 Å². The lowest BCUT2D eigenvalue weighted by Gasteiger charge is -2.41. The average Bonchev–Trinajstić information content (AvgIpc) is 2.75. The molecule has 0 spiro atoms. The zero-order valence-electron chi connectivity index (χ0n) is 18.0. The van der Waals surface area contributed by atoms with Gasteiger partial charge in [-0.1, -0.05) is 69.3 Å². The number of carbonyl (C=O) groups is 2. The molecule has 2 aromatic rings. The van der Waals surface area contributed by atoms with Crippen LogP contribution < -0.4 is 4.74 Å². The normalized spacial score (nSPS) is 15.5. The van der Waals surface area contributed by atoms with E-state index < -0.39 is 0 Å². The summed E-state index contributed by atoms with van der Waals surface area (Å²) in [5.41, 5.74) is 0.932. The molecule has 0 aromatic heterocycles. The monoisotopic (exact) mass is 412 g/mol. The number of rotatable bonds is 5. The van der Waals surface area contributed by atoms with Gasteiger partial charge in [0.1, 0.15) is 12.4 Å². The van der Waals surface area contributed by atoms with Crippen molar-refractivity contribution in [1.29, 1.82) is 0 Å². The van der Waals surface area contributed by atoms with Crippen molar-refractivity contribution in [2.24, 2.45) is 5.41 Å². The molecule has 6 nitrogen and oxygen atoms in total. The molecule has 0 bridgehead atoms. The Balaban J connectivity index is 0.00000101. The molecule has 0 radical (unpaired) electrons. The molecule has 1 atom stereocenters. The number of piperazine rings is 1. The van der Waals surface area contributed by atoms with Crippen LogP contribution in [0.3, 0.4) is 0 Å². The fourth-order valence-electron chi connectivity index (χ4n) is 3.49. The number of hydrogen-bond donors (Lipinski definition) is 1. The van der Waals surface area contributed by atoms with Crippen LogP contribution in [0, 0.1) is 5.41 Å². The molecule has 1 fully saturated rings. The lowest BCUT2D eigenvalue weighted by molar-refractivity contribution is -0.141. The van der Waals surface area contributed by atoms with Crippen molar-refractivity contribution in [2.45, 2.75) is 26.8 Å². The Morgan fingerprint density at radius 1 is 1.00 bits per heavy atom. The molecule has 0 saturated carbocycles. The Kier molecular flexibility index (Phi) is 8.87. The Labute approximate surface area is 179 Å². The lowest BCUT2D eigenvalue weighted by Crippen LogP contribution is -2.52. The van der Waals surface area contributed by atoms with Crippen LogP contribution >= 0.6 is 0 Å². The molecule has 1 N–H and O–H groups in total. The van der Waals surface area contributed by atoms with Gasteiger partial charge >= 0.3 is 0 Å². The minimum Gasteiger partial charge on any atom is -0.492 e. The molecule has 30 heavy (non-hydrogen) atoms. The van der Waals surface area contributed by atoms with Crippen molar-refractivity contribution < 1.29 is 19.4 Å². The Morgan fingerprint density at radius 2 is 1.50 bits per heavy atom. The Bertz CT molecular complexity index is 767. The standard InChI is InChI=1S/C23H30N2O2.CH2O2/c1-23(2,3)22(26)25-16-14-24(15-17-25)21(19-10-6-4-7-11-19)18-27-20-12-8-5-9-13-20;2-1-3/h4-13,21H,14-18H2,1-3H3;1H,(H,2,3). The molecule has 1 aliphatic rings. The molecular weight excluding hydrogens is 380 g/mol. The maximum atomic E-state index is 12.6. The molecule has 162 valence electrons. The molecular formula is C24H32N2O4. The number of benzene rings is 2. The van der Waals surface area contributed by atoms with Crippen LogP contribution in [0.4, 0.5) is 0 Å². The van der Waals surface area contributed by atoms with Crippen LogP contribution in [0.25, 0.3) is 0 Å². The Morgan fingerprint density at radius 3 is 2.00 bits per heavy atom. The van der Waals surface area contributed by atoms with Gasteiger partial charge < -0.3 is 14.7 Å². The first-order chi connectivity index (χ1) is 14.4. The van der Waals surface area contributed by atoms with E-state index in [0.29, 0.717) is 6.61 Å². The van der Waals surface area contributed by atoms with Crippen LogP contribution in [0.5, 0.6) is 5.75 Å². The van der Waals surface area contributed by atoms with Crippen molar-refractivity contribution in [3.63, 3.8) is 0 Å². The zero-order valence-corrected chi connectivity index (χ0v) is 18.0. The van der Waals surface area contributed by atoms with Gasteiger partial charge in [-0.3, -0.25) is 14.5 Å². The van der Waals surface area contributed by atoms with Crippen molar-refractivity contribution >= 4 is 12.4 Å². The van der Waals surface area contributed by atoms with E-state index in [2.05, 4.69) is 29.2 Å². The van der Waals surface area contributed by atoms with Crippen molar-refractivity contribution in [1.82, 2.24) is 9.80 Å². The summed E-state index contributed by atoms with van der Waals surface area (Å²) in [4.78, 5) is 25.4. The first-order valence-corrected chi connectivity index (χ1v) is 10.2. The molecule has 6 heteroatoms. The second-order valence-corrected chi connectivity index (χ2v) is 8.23. The third kappa shape index (κ3) is 6.88. The second kappa shape index (κ2) is 11.4. The highest BCUT2D eigenvalue weighted by Gasteiger charge is 2.32. The van der Waals surface area contributed by atoms with Gasteiger partial charge in [0.15, 0.2) is 0 Å². The second-order valence-electron chi connectivity index (χ2n) is 8.23. The van der Waals surface area contributed by atoms with Gasteiger partial charge in [0, 0.05) is 31.6 Å². The topological polar surface area (TPSA) is 70.1 Å². The molecule has 1 unspecified atom stereocenters.